The normalized spacial score (nSPS) is 18.7. The van der Waals surface area contributed by atoms with Crippen molar-refractivity contribution in [2.24, 2.45) is 0 Å². The molecule has 5 nitrogen and oxygen atoms in total. The molecule has 1 heterocycles. The topological polar surface area (TPSA) is 55.8 Å². The molecule has 140 valence electrons. The van der Waals surface area contributed by atoms with Crippen molar-refractivity contribution in [3.63, 3.8) is 0 Å². The number of hydrogen-bond donors (Lipinski definition) is 0. The highest BCUT2D eigenvalue weighted by Gasteiger charge is 2.33. The van der Waals surface area contributed by atoms with Crippen LogP contribution in [0.2, 0.25) is 0 Å². The van der Waals surface area contributed by atoms with Gasteiger partial charge < -0.3 is 9.47 Å². The van der Waals surface area contributed by atoms with Crippen molar-refractivity contribution >= 4 is 10.0 Å². The Bertz CT molecular complexity index is 885. The third kappa shape index (κ3) is 3.49. The molecule has 6 heteroatoms. The molecular weight excluding hydrogens is 350 g/mol. The summed E-state index contributed by atoms with van der Waals surface area (Å²) in [5, 5.41) is 0. The highest BCUT2D eigenvalue weighted by atomic mass is 32.2. The van der Waals surface area contributed by atoms with Crippen LogP contribution in [0.4, 0.5) is 0 Å². The Kier molecular flexibility index (Phi) is 5.37. The minimum absolute atomic E-state index is 0.251. The summed E-state index contributed by atoms with van der Waals surface area (Å²) in [6, 6.07) is 11.5. The van der Waals surface area contributed by atoms with Gasteiger partial charge in [0.15, 0.2) is 0 Å². The van der Waals surface area contributed by atoms with Crippen molar-refractivity contribution in [1.29, 1.82) is 0 Å². The van der Waals surface area contributed by atoms with Gasteiger partial charge in [0.2, 0.25) is 10.0 Å². The van der Waals surface area contributed by atoms with Gasteiger partial charge in [0, 0.05) is 13.1 Å². The molecule has 0 radical (unpaired) electrons. The zero-order valence-corrected chi connectivity index (χ0v) is 16.5. The first kappa shape index (κ1) is 18.9. The zero-order chi connectivity index (χ0) is 18.9. The van der Waals surface area contributed by atoms with E-state index in [0.717, 1.165) is 11.1 Å². The summed E-state index contributed by atoms with van der Waals surface area (Å²) >= 11 is 0. The molecule has 1 atom stereocenters. The molecule has 0 spiro atoms. The largest absolute Gasteiger partial charge is 0.497 e. The Morgan fingerprint density at radius 3 is 2.35 bits per heavy atom. The SMILES string of the molecule is COc1cc(C)c(S(=O)(=O)N2CCOC(c3ccccc3C)C2)c(C)c1. The first-order valence-electron chi connectivity index (χ1n) is 8.67. The van der Waals surface area contributed by atoms with Crippen LogP contribution >= 0.6 is 0 Å². The summed E-state index contributed by atoms with van der Waals surface area (Å²) in [5.74, 6) is 0.665. The van der Waals surface area contributed by atoms with E-state index in [0.29, 0.717) is 41.5 Å². The predicted molar refractivity (Wildman–Crippen MR) is 101 cm³/mol. The maximum Gasteiger partial charge on any atom is 0.243 e. The van der Waals surface area contributed by atoms with Gasteiger partial charge in [-0.15, -0.1) is 0 Å². The number of aryl methyl sites for hydroxylation is 3. The van der Waals surface area contributed by atoms with E-state index in [1.165, 1.54) is 4.31 Å². The van der Waals surface area contributed by atoms with Crippen molar-refractivity contribution in [3.8, 4) is 5.75 Å². The number of benzene rings is 2. The highest BCUT2D eigenvalue weighted by Crippen LogP contribution is 2.32. The molecule has 0 aliphatic carbocycles. The quantitative estimate of drug-likeness (QED) is 0.822. The monoisotopic (exact) mass is 375 g/mol. The van der Waals surface area contributed by atoms with Crippen LogP contribution < -0.4 is 4.74 Å². The average molecular weight is 375 g/mol. The Morgan fingerprint density at radius 1 is 1.08 bits per heavy atom. The minimum Gasteiger partial charge on any atom is -0.497 e. The first-order chi connectivity index (χ1) is 12.3. The van der Waals surface area contributed by atoms with Gasteiger partial charge in [-0.2, -0.15) is 4.31 Å². The fourth-order valence-electron chi connectivity index (χ4n) is 3.54. The maximum atomic E-state index is 13.3. The lowest BCUT2D eigenvalue weighted by Gasteiger charge is -2.33. The van der Waals surface area contributed by atoms with Crippen LogP contribution in [-0.2, 0) is 14.8 Å². The molecule has 1 aliphatic heterocycles. The summed E-state index contributed by atoms with van der Waals surface area (Å²) in [6.07, 6.45) is -0.251. The van der Waals surface area contributed by atoms with E-state index >= 15 is 0 Å². The zero-order valence-electron chi connectivity index (χ0n) is 15.7. The first-order valence-corrected chi connectivity index (χ1v) is 10.1. The van der Waals surface area contributed by atoms with Crippen LogP contribution in [0.3, 0.4) is 0 Å². The summed E-state index contributed by atoms with van der Waals surface area (Å²) < 4.78 is 39.3. The lowest BCUT2D eigenvalue weighted by molar-refractivity contribution is -0.00291. The van der Waals surface area contributed by atoms with Gasteiger partial charge in [-0.3, -0.25) is 0 Å². The van der Waals surface area contributed by atoms with Crippen molar-refractivity contribution in [1.82, 2.24) is 4.31 Å². The van der Waals surface area contributed by atoms with E-state index in [1.54, 1.807) is 19.2 Å². The average Bonchev–Trinajstić information content (AvgIpc) is 2.61. The van der Waals surface area contributed by atoms with Gasteiger partial charge in [0.25, 0.3) is 0 Å². The van der Waals surface area contributed by atoms with E-state index in [-0.39, 0.29) is 6.10 Å². The number of hydrogen-bond acceptors (Lipinski definition) is 4. The van der Waals surface area contributed by atoms with Crippen LogP contribution in [0, 0.1) is 20.8 Å². The van der Waals surface area contributed by atoms with Crippen molar-refractivity contribution in [3.05, 3.63) is 58.7 Å². The van der Waals surface area contributed by atoms with E-state index in [2.05, 4.69) is 0 Å². The van der Waals surface area contributed by atoms with Crippen LogP contribution in [-0.4, -0.2) is 39.5 Å². The molecule has 0 bridgehead atoms. The van der Waals surface area contributed by atoms with Gasteiger partial charge in [0.1, 0.15) is 5.75 Å². The van der Waals surface area contributed by atoms with Crippen LogP contribution in [0.15, 0.2) is 41.3 Å². The van der Waals surface area contributed by atoms with Crippen LogP contribution in [0.1, 0.15) is 28.4 Å². The standard InChI is InChI=1S/C20H25NO4S/c1-14-7-5-6-8-18(14)19-13-21(9-10-25-19)26(22,23)20-15(2)11-17(24-4)12-16(20)3/h5-8,11-12,19H,9-10,13H2,1-4H3. The van der Waals surface area contributed by atoms with Crippen LogP contribution in [0.25, 0.3) is 0 Å². The molecule has 0 saturated carbocycles. The molecular formula is C20H25NO4S. The molecule has 2 aromatic carbocycles. The second-order valence-corrected chi connectivity index (χ2v) is 8.54. The molecule has 26 heavy (non-hydrogen) atoms. The Morgan fingerprint density at radius 2 is 1.73 bits per heavy atom. The molecule has 0 amide bonds. The van der Waals surface area contributed by atoms with E-state index in [1.807, 2.05) is 45.0 Å². The maximum absolute atomic E-state index is 13.3. The number of methoxy groups -OCH3 is 1. The Labute approximate surface area is 155 Å². The van der Waals surface area contributed by atoms with Crippen molar-refractivity contribution < 1.29 is 17.9 Å². The third-order valence-electron chi connectivity index (χ3n) is 4.83. The molecule has 0 N–H and O–H groups in total. The number of ether oxygens (including phenoxy) is 2. The molecule has 1 aliphatic rings. The third-order valence-corrected chi connectivity index (χ3v) is 7.00. The molecule has 1 fully saturated rings. The molecule has 1 unspecified atom stereocenters. The predicted octanol–water partition coefficient (Wildman–Crippen LogP) is 3.38. The number of nitrogens with zero attached hydrogens (tertiary/aromatic N) is 1. The van der Waals surface area contributed by atoms with Gasteiger partial charge >= 0.3 is 0 Å². The van der Waals surface area contributed by atoms with E-state index in [4.69, 9.17) is 9.47 Å². The van der Waals surface area contributed by atoms with Gasteiger partial charge in [-0.25, -0.2) is 8.42 Å². The van der Waals surface area contributed by atoms with Crippen molar-refractivity contribution in [2.45, 2.75) is 31.8 Å². The number of morpholine rings is 1. The smallest absolute Gasteiger partial charge is 0.243 e. The number of rotatable bonds is 4. The summed E-state index contributed by atoms with van der Waals surface area (Å²) in [4.78, 5) is 0.365. The van der Waals surface area contributed by atoms with Gasteiger partial charge in [-0.05, 0) is 55.2 Å². The highest BCUT2D eigenvalue weighted by molar-refractivity contribution is 7.89. The minimum atomic E-state index is -3.60. The Balaban J connectivity index is 1.94. The lowest BCUT2D eigenvalue weighted by Crippen LogP contribution is -2.42. The van der Waals surface area contributed by atoms with Gasteiger partial charge in [0.05, 0.1) is 24.7 Å². The summed E-state index contributed by atoms with van der Waals surface area (Å²) in [7, 11) is -2.02. The Hall–Kier alpha value is -1.89. The number of sulfonamides is 1. The summed E-state index contributed by atoms with van der Waals surface area (Å²) in [6.45, 7) is 6.69. The molecule has 2 aromatic rings. The second kappa shape index (κ2) is 7.39. The van der Waals surface area contributed by atoms with Crippen molar-refractivity contribution in [2.75, 3.05) is 26.8 Å². The molecule has 0 aromatic heterocycles. The lowest BCUT2D eigenvalue weighted by atomic mass is 10.0. The molecule has 1 saturated heterocycles. The fourth-order valence-corrected chi connectivity index (χ4v) is 5.38. The van der Waals surface area contributed by atoms with Gasteiger partial charge in [-0.1, -0.05) is 24.3 Å². The van der Waals surface area contributed by atoms with E-state index in [9.17, 15) is 8.42 Å². The fraction of sp³-hybridized carbons (Fsp3) is 0.400. The second-order valence-electron chi connectivity index (χ2n) is 6.67. The summed E-state index contributed by atoms with van der Waals surface area (Å²) in [5.41, 5.74) is 3.53. The van der Waals surface area contributed by atoms with Crippen LogP contribution in [0.5, 0.6) is 5.75 Å². The van der Waals surface area contributed by atoms with E-state index < -0.39 is 10.0 Å². The molecule has 3 rings (SSSR count).